The van der Waals surface area contributed by atoms with Crippen LogP contribution in [0, 0.1) is 0 Å². The minimum Gasteiger partial charge on any atom is -0.377 e. The minimum atomic E-state index is -0.518. The first-order chi connectivity index (χ1) is 6.84. The highest BCUT2D eigenvalue weighted by atomic mass is 16.5. The fourth-order valence-corrected chi connectivity index (χ4v) is 2.01. The lowest BCUT2D eigenvalue weighted by atomic mass is 10.00. The van der Waals surface area contributed by atoms with Crippen molar-refractivity contribution in [1.29, 1.82) is 0 Å². The van der Waals surface area contributed by atoms with E-state index in [-0.39, 0.29) is 18.1 Å². The summed E-state index contributed by atoms with van der Waals surface area (Å²) < 4.78 is 5.46. The average molecular weight is 214 g/mol. The standard InChI is InChI=1S/C11H22N2O2/c1-8-9(6-7-15-8)12-11(2,3)10(14)13(4)5/h8-9,12H,6-7H2,1-5H3. The predicted molar refractivity (Wildman–Crippen MR) is 59.7 cm³/mol. The molecule has 1 N–H and O–H groups in total. The first-order valence-electron chi connectivity index (χ1n) is 5.45. The third kappa shape index (κ3) is 2.92. The van der Waals surface area contributed by atoms with Gasteiger partial charge in [0.2, 0.25) is 5.91 Å². The van der Waals surface area contributed by atoms with Crippen LogP contribution >= 0.6 is 0 Å². The topological polar surface area (TPSA) is 41.6 Å². The van der Waals surface area contributed by atoms with Gasteiger partial charge >= 0.3 is 0 Å². The van der Waals surface area contributed by atoms with Gasteiger partial charge in [-0.3, -0.25) is 10.1 Å². The van der Waals surface area contributed by atoms with E-state index in [1.165, 1.54) is 0 Å². The molecule has 4 nitrogen and oxygen atoms in total. The number of carbonyl (C=O) groups excluding carboxylic acids is 1. The van der Waals surface area contributed by atoms with Crippen molar-refractivity contribution < 1.29 is 9.53 Å². The van der Waals surface area contributed by atoms with Crippen LogP contribution < -0.4 is 5.32 Å². The second-order valence-electron chi connectivity index (χ2n) is 4.94. The van der Waals surface area contributed by atoms with Crippen LogP contribution in [0.2, 0.25) is 0 Å². The van der Waals surface area contributed by atoms with Gasteiger partial charge in [0.15, 0.2) is 0 Å². The van der Waals surface area contributed by atoms with Gasteiger partial charge in [-0.15, -0.1) is 0 Å². The summed E-state index contributed by atoms with van der Waals surface area (Å²) in [6.07, 6.45) is 1.17. The van der Waals surface area contributed by atoms with Crippen molar-refractivity contribution in [2.45, 2.75) is 44.9 Å². The van der Waals surface area contributed by atoms with E-state index >= 15 is 0 Å². The summed E-state index contributed by atoms with van der Waals surface area (Å²) >= 11 is 0. The predicted octanol–water partition coefficient (Wildman–Crippen LogP) is 0.620. The molecule has 0 radical (unpaired) electrons. The molecule has 0 aromatic carbocycles. The van der Waals surface area contributed by atoms with E-state index < -0.39 is 5.54 Å². The monoisotopic (exact) mass is 214 g/mol. The van der Waals surface area contributed by atoms with E-state index in [2.05, 4.69) is 5.32 Å². The van der Waals surface area contributed by atoms with Gasteiger partial charge in [0.05, 0.1) is 11.6 Å². The fraction of sp³-hybridized carbons (Fsp3) is 0.909. The number of likely N-dealkylation sites (N-methyl/N-ethyl adjacent to an activating group) is 1. The molecule has 2 atom stereocenters. The Morgan fingerprint density at radius 2 is 2.07 bits per heavy atom. The summed E-state index contributed by atoms with van der Waals surface area (Å²) in [7, 11) is 3.56. The SMILES string of the molecule is CC1OCCC1NC(C)(C)C(=O)N(C)C. The van der Waals surface area contributed by atoms with Gasteiger partial charge in [-0.05, 0) is 27.2 Å². The van der Waals surface area contributed by atoms with Crippen molar-refractivity contribution >= 4 is 5.91 Å². The quantitative estimate of drug-likeness (QED) is 0.749. The number of amides is 1. The van der Waals surface area contributed by atoms with Crippen LogP contribution in [-0.4, -0.2) is 49.2 Å². The molecular formula is C11H22N2O2. The summed E-state index contributed by atoms with van der Waals surface area (Å²) in [5, 5.41) is 3.37. The number of carbonyl (C=O) groups is 1. The second-order valence-corrected chi connectivity index (χ2v) is 4.94. The first kappa shape index (κ1) is 12.5. The van der Waals surface area contributed by atoms with E-state index in [0.717, 1.165) is 13.0 Å². The Bertz CT molecular complexity index is 239. The molecule has 1 saturated heterocycles. The van der Waals surface area contributed by atoms with Gasteiger partial charge < -0.3 is 9.64 Å². The molecule has 0 aromatic rings. The van der Waals surface area contributed by atoms with Crippen LogP contribution in [0.3, 0.4) is 0 Å². The van der Waals surface area contributed by atoms with Crippen LogP contribution in [0.4, 0.5) is 0 Å². The van der Waals surface area contributed by atoms with Gasteiger partial charge in [-0.25, -0.2) is 0 Å². The van der Waals surface area contributed by atoms with Crippen molar-refractivity contribution in [1.82, 2.24) is 10.2 Å². The molecule has 1 rings (SSSR count). The summed E-state index contributed by atoms with van der Waals surface area (Å²) in [6, 6.07) is 0.281. The van der Waals surface area contributed by atoms with Gasteiger partial charge in [0.25, 0.3) is 0 Å². The lowest BCUT2D eigenvalue weighted by molar-refractivity contribution is -0.134. The van der Waals surface area contributed by atoms with Gasteiger partial charge in [-0.2, -0.15) is 0 Å². The number of hydrogen-bond acceptors (Lipinski definition) is 3. The number of rotatable bonds is 3. The Hall–Kier alpha value is -0.610. The maximum atomic E-state index is 11.9. The Balaban J connectivity index is 2.59. The lowest BCUT2D eigenvalue weighted by Gasteiger charge is -2.32. The molecule has 1 heterocycles. The smallest absolute Gasteiger partial charge is 0.241 e. The number of hydrogen-bond donors (Lipinski definition) is 1. The zero-order valence-corrected chi connectivity index (χ0v) is 10.3. The van der Waals surface area contributed by atoms with Crippen molar-refractivity contribution in [3.63, 3.8) is 0 Å². The van der Waals surface area contributed by atoms with Crippen LogP contribution in [0.15, 0.2) is 0 Å². The molecule has 1 fully saturated rings. The normalized spacial score (nSPS) is 26.7. The van der Waals surface area contributed by atoms with E-state index in [9.17, 15) is 4.79 Å². The van der Waals surface area contributed by atoms with Gasteiger partial charge in [0.1, 0.15) is 0 Å². The molecule has 1 amide bonds. The number of ether oxygens (including phenoxy) is 1. The molecule has 0 aromatic heterocycles. The highest BCUT2D eigenvalue weighted by molar-refractivity contribution is 5.85. The van der Waals surface area contributed by atoms with Crippen LogP contribution in [0.25, 0.3) is 0 Å². The molecule has 0 saturated carbocycles. The number of nitrogens with one attached hydrogen (secondary N) is 1. The Kier molecular flexibility index (Phi) is 3.73. The fourth-order valence-electron chi connectivity index (χ4n) is 2.01. The Labute approximate surface area is 92.0 Å². The zero-order valence-electron chi connectivity index (χ0n) is 10.3. The molecule has 1 aliphatic rings. The summed E-state index contributed by atoms with van der Waals surface area (Å²) in [6.45, 7) is 6.66. The molecule has 4 heteroatoms. The van der Waals surface area contributed by atoms with Crippen LogP contribution in [0.5, 0.6) is 0 Å². The minimum absolute atomic E-state index is 0.0987. The molecule has 88 valence electrons. The summed E-state index contributed by atoms with van der Waals surface area (Å²) in [4.78, 5) is 13.5. The molecule has 0 spiro atoms. The maximum absolute atomic E-state index is 11.9. The van der Waals surface area contributed by atoms with Gasteiger partial charge in [0, 0.05) is 26.7 Å². The molecule has 1 aliphatic heterocycles. The lowest BCUT2D eigenvalue weighted by Crippen LogP contribution is -2.57. The third-order valence-corrected chi connectivity index (χ3v) is 2.86. The van der Waals surface area contributed by atoms with E-state index in [0.29, 0.717) is 0 Å². The third-order valence-electron chi connectivity index (χ3n) is 2.86. The van der Waals surface area contributed by atoms with Crippen molar-refractivity contribution in [3.05, 3.63) is 0 Å². The average Bonchev–Trinajstić information content (AvgIpc) is 2.50. The summed E-state index contributed by atoms with van der Waals surface area (Å²) in [5.74, 6) is 0.0987. The summed E-state index contributed by atoms with van der Waals surface area (Å²) in [5.41, 5.74) is -0.518. The highest BCUT2D eigenvalue weighted by Gasteiger charge is 2.35. The van der Waals surface area contributed by atoms with Gasteiger partial charge in [-0.1, -0.05) is 0 Å². The van der Waals surface area contributed by atoms with Crippen molar-refractivity contribution in [2.24, 2.45) is 0 Å². The van der Waals surface area contributed by atoms with Crippen LogP contribution in [-0.2, 0) is 9.53 Å². The zero-order chi connectivity index (χ0) is 11.6. The molecule has 15 heavy (non-hydrogen) atoms. The number of nitrogens with zero attached hydrogens (tertiary/aromatic N) is 1. The molecule has 0 aliphatic carbocycles. The molecular weight excluding hydrogens is 192 g/mol. The van der Waals surface area contributed by atoms with E-state index in [4.69, 9.17) is 4.74 Å². The Morgan fingerprint density at radius 3 is 2.47 bits per heavy atom. The maximum Gasteiger partial charge on any atom is 0.241 e. The second kappa shape index (κ2) is 4.49. The molecule has 2 unspecified atom stereocenters. The highest BCUT2D eigenvalue weighted by Crippen LogP contribution is 2.17. The largest absolute Gasteiger partial charge is 0.377 e. The van der Waals surface area contributed by atoms with E-state index in [1.54, 1.807) is 19.0 Å². The van der Waals surface area contributed by atoms with Crippen LogP contribution in [0.1, 0.15) is 27.2 Å². The molecule has 0 bridgehead atoms. The van der Waals surface area contributed by atoms with Crippen molar-refractivity contribution in [3.8, 4) is 0 Å². The first-order valence-corrected chi connectivity index (χ1v) is 5.45. The Morgan fingerprint density at radius 1 is 1.47 bits per heavy atom. The van der Waals surface area contributed by atoms with E-state index in [1.807, 2.05) is 20.8 Å². The van der Waals surface area contributed by atoms with Crippen molar-refractivity contribution in [2.75, 3.05) is 20.7 Å².